The van der Waals surface area contributed by atoms with E-state index in [4.69, 9.17) is 37.0 Å². The maximum Gasteiger partial charge on any atom is 0.472 e. The van der Waals surface area contributed by atoms with Crippen LogP contribution in [0.3, 0.4) is 0 Å². The van der Waals surface area contributed by atoms with Gasteiger partial charge in [0, 0.05) is 25.7 Å². The van der Waals surface area contributed by atoms with Crippen LogP contribution in [0.2, 0.25) is 0 Å². The van der Waals surface area contributed by atoms with Crippen molar-refractivity contribution in [2.45, 2.75) is 431 Å². The monoisotopic (exact) mass is 1410 g/mol. The molecule has 0 fully saturated rings. The van der Waals surface area contributed by atoms with Crippen molar-refractivity contribution in [2.24, 2.45) is 0 Å². The molecule has 0 aliphatic carbocycles. The predicted octanol–water partition coefficient (Wildman–Crippen LogP) is 23.0. The molecule has 19 heteroatoms. The van der Waals surface area contributed by atoms with Gasteiger partial charge in [0.2, 0.25) is 0 Å². The van der Waals surface area contributed by atoms with E-state index in [0.29, 0.717) is 25.7 Å². The van der Waals surface area contributed by atoms with Crippen molar-refractivity contribution in [1.82, 2.24) is 0 Å². The van der Waals surface area contributed by atoms with Gasteiger partial charge in [0.05, 0.1) is 26.4 Å². The topological polar surface area (TPSA) is 237 Å². The Morgan fingerprint density at radius 2 is 0.417 bits per heavy atom. The highest BCUT2D eigenvalue weighted by molar-refractivity contribution is 7.47. The van der Waals surface area contributed by atoms with Crippen LogP contribution in [-0.4, -0.2) is 96.7 Å². The highest BCUT2D eigenvalue weighted by Crippen LogP contribution is 2.45. The van der Waals surface area contributed by atoms with E-state index in [0.717, 1.165) is 89.9 Å². The van der Waals surface area contributed by atoms with E-state index in [1.165, 1.54) is 244 Å². The lowest BCUT2D eigenvalue weighted by molar-refractivity contribution is -0.161. The summed E-state index contributed by atoms with van der Waals surface area (Å²) in [7, 11) is -9.91. The SMILES string of the molecule is CCCCCCCCCCCCCCCCCCCCCCCC(=O)O[C@H](COC(=O)CCCCCCCCCCCCCCCC)COP(=O)(O)OC[C@@H](O)COP(=O)(O)OC[C@@H](COC(=O)CCCCCCCCCCCC)OC(=O)CCCCCCCCCCCCC. The third-order valence-corrected chi connectivity index (χ3v) is 20.0. The Kier molecular flexibility index (Phi) is 70.0. The van der Waals surface area contributed by atoms with Crippen LogP contribution in [0, 0.1) is 0 Å². The summed E-state index contributed by atoms with van der Waals surface area (Å²) >= 11 is 0. The number of carbonyl (C=O) groups is 4. The van der Waals surface area contributed by atoms with Gasteiger partial charge in [0.25, 0.3) is 0 Å². The van der Waals surface area contributed by atoms with E-state index in [9.17, 15) is 43.2 Å². The number of esters is 4. The summed E-state index contributed by atoms with van der Waals surface area (Å²) in [6.45, 7) is 4.98. The third-order valence-electron chi connectivity index (χ3n) is 18.1. The molecular weight excluding hydrogens is 1260 g/mol. The average Bonchev–Trinajstić information content (AvgIpc) is 1.96. The van der Waals surface area contributed by atoms with Crippen LogP contribution in [-0.2, 0) is 65.4 Å². The van der Waals surface area contributed by atoms with E-state index in [1.807, 2.05) is 0 Å². The van der Waals surface area contributed by atoms with E-state index in [1.54, 1.807) is 0 Å². The fourth-order valence-electron chi connectivity index (χ4n) is 11.9. The van der Waals surface area contributed by atoms with Crippen LogP contribution in [0.25, 0.3) is 0 Å². The van der Waals surface area contributed by atoms with Crippen LogP contribution < -0.4 is 0 Å². The van der Waals surface area contributed by atoms with Crippen molar-refractivity contribution < 1.29 is 80.2 Å². The second kappa shape index (κ2) is 71.5. The molecule has 17 nitrogen and oxygen atoms in total. The maximum atomic E-state index is 13.1. The van der Waals surface area contributed by atoms with Gasteiger partial charge in [-0.15, -0.1) is 0 Å². The van der Waals surface area contributed by atoms with E-state index in [2.05, 4.69) is 27.7 Å². The van der Waals surface area contributed by atoms with E-state index in [-0.39, 0.29) is 25.7 Å². The van der Waals surface area contributed by atoms with Crippen LogP contribution in [0.1, 0.15) is 413 Å². The molecule has 0 aliphatic rings. The summed E-state index contributed by atoms with van der Waals surface area (Å²) in [5.74, 6) is -2.11. The molecule has 3 N–H and O–H groups in total. The van der Waals surface area contributed by atoms with Crippen molar-refractivity contribution in [2.75, 3.05) is 39.6 Å². The molecule has 570 valence electrons. The lowest BCUT2D eigenvalue weighted by atomic mass is 10.0. The van der Waals surface area contributed by atoms with Crippen molar-refractivity contribution in [1.29, 1.82) is 0 Å². The molecule has 0 bridgehead atoms. The molecule has 0 saturated heterocycles. The molecule has 2 unspecified atom stereocenters. The Hall–Kier alpha value is -1.94. The summed E-state index contributed by atoms with van der Waals surface area (Å²) in [6, 6.07) is 0. The molecule has 0 radical (unpaired) electrons. The number of hydrogen-bond acceptors (Lipinski definition) is 15. The molecule has 0 aromatic heterocycles. The smallest absolute Gasteiger partial charge is 0.462 e. The summed E-state index contributed by atoms with van der Waals surface area (Å²) in [4.78, 5) is 72.8. The Bertz CT molecular complexity index is 1830. The van der Waals surface area contributed by atoms with Crippen LogP contribution in [0.4, 0.5) is 0 Å². The molecular formula is C77H150O17P2. The number of hydrogen-bond donors (Lipinski definition) is 3. The number of phosphoric ester groups is 2. The largest absolute Gasteiger partial charge is 0.472 e. The Labute approximate surface area is 588 Å². The highest BCUT2D eigenvalue weighted by Gasteiger charge is 2.30. The number of ether oxygens (including phenoxy) is 4. The first-order valence-electron chi connectivity index (χ1n) is 40.3. The second-order valence-electron chi connectivity index (χ2n) is 27.7. The lowest BCUT2D eigenvalue weighted by Crippen LogP contribution is -2.30. The first-order valence-corrected chi connectivity index (χ1v) is 43.3. The molecule has 0 amide bonds. The molecule has 0 saturated carbocycles. The Balaban J connectivity index is 5.19. The molecule has 0 rings (SSSR count). The third kappa shape index (κ3) is 70.5. The minimum atomic E-state index is -4.96. The molecule has 5 atom stereocenters. The van der Waals surface area contributed by atoms with Gasteiger partial charge in [-0.2, -0.15) is 0 Å². The number of unbranched alkanes of at least 4 members (excludes halogenated alkanes) is 52. The summed E-state index contributed by atoms with van der Waals surface area (Å²) in [6.07, 6.45) is 62.4. The number of rotatable bonds is 78. The summed E-state index contributed by atoms with van der Waals surface area (Å²) < 4.78 is 68.5. The van der Waals surface area contributed by atoms with Gasteiger partial charge in [-0.1, -0.05) is 362 Å². The summed E-state index contributed by atoms with van der Waals surface area (Å²) in [5, 5.41) is 10.6. The fourth-order valence-corrected chi connectivity index (χ4v) is 13.5. The lowest BCUT2D eigenvalue weighted by Gasteiger charge is -2.21. The van der Waals surface area contributed by atoms with Crippen molar-refractivity contribution in [3.63, 3.8) is 0 Å². The standard InChI is InChI=1S/C77H150O17P2/c1-5-9-13-17-21-25-29-31-33-34-35-36-37-38-39-41-44-48-52-56-60-64-77(82)94-73(68-88-75(80)62-58-54-50-46-43-40-32-30-26-22-18-14-10-6-2)70-92-96(85,86)90-66-71(78)65-89-95(83,84)91-69-72(67-87-74(79)61-57-53-49-45-28-24-20-16-12-8-4)93-76(81)63-59-55-51-47-42-27-23-19-15-11-7-3/h71-73,78H,5-70H2,1-4H3,(H,83,84)(H,85,86)/t71-,72+,73+/m0/s1. The van der Waals surface area contributed by atoms with Gasteiger partial charge in [0.15, 0.2) is 12.2 Å². The van der Waals surface area contributed by atoms with Crippen LogP contribution in [0.5, 0.6) is 0 Å². The molecule has 0 aromatic carbocycles. The van der Waals surface area contributed by atoms with Crippen LogP contribution >= 0.6 is 15.6 Å². The van der Waals surface area contributed by atoms with Gasteiger partial charge in [-0.05, 0) is 25.7 Å². The quantitative estimate of drug-likeness (QED) is 0.0222. The second-order valence-corrected chi connectivity index (χ2v) is 30.7. The Morgan fingerprint density at radius 1 is 0.250 bits per heavy atom. The van der Waals surface area contributed by atoms with Gasteiger partial charge < -0.3 is 33.8 Å². The first-order chi connectivity index (χ1) is 46.7. The zero-order valence-electron chi connectivity index (χ0n) is 62.4. The molecule has 0 aromatic rings. The van der Waals surface area contributed by atoms with Crippen molar-refractivity contribution >= 4 is 39.5 Å². The minimum Gasteiger partial charge on any atom is -0.462 e. The molecule has 0 spiro atoms. The average molecular weight is 1410 g/mol. The first kappa shape index (κ1) is 94.1. The van der Waals surface area contributed by atoms with Gasteiger partial charge in [-0.3, -0.25) is 37.3 Å². The molecule has 0 heterocycles. The van der Waals surface area contributed by atoms with Gasteiger partial charge >= 0.3 is 39.5 Å². The van der Waals surface area contributed by atoms with Crippen molar-refractivity contribution in [3.8, 4) is 0 Å². The van der Waals surface area contributed by atoms with E-state index < -0.39 is 97.5 Å². The van der Waals surface area contributed by atoms with E-state index >= 15 is 0 Å². The Morgan fingerprint density at radius 3 is 0.615 bits per heavy atom. The zero-order valence-corrected chi connectivity index (χ0v) is 64.1. The molecule has 96 heavy (non-hydrogen) atoms. The van der Waals surface area contributed by atoms with Crippen molar-refractivity contribution in [3.05, 3.63) is 0 Å². The van der Waals surface area contributed by atoms with Crippen LogP contribution in [0.15, 0.2) is 0 Å². The minimum absolute atomic E-state index is 0.108. The predicted molar refractivity (Wildman–Crippen MR) is 391 cm³/mol. The number of carbonyl (C=O) groups excluding carboxylic acids is 4. The zero-order chi connectivity index (χ0) is 70.4. The fraction of sp³-hybridized carbons (Fsp3) is 0.948. The highest BCUT2D eigenvalue weighted by atomic mass is 31.2. The number of aliphatic hydroxyl groups excluding tert-OH is 1. The maximum absolute atomic E-state index is 13.1. The molecule has 0 aliphatic heterocycles. The number of phosphoric acid groups is 2. The normalized spacial score (nSPS) is 13.9. The summed E-state index contributed by atoms with van der Waals surface area (Å²) in [5.41, 5.74) is 0. The van der Waals surface area contributed by atoms with Gasteiger partial charge in [-0.25, -0.2) is 9.13 Å². The van der Waals surface area contributed by atoms with Gasteiger partial charge in [0.1, 0.15) is 19.3 Å². The number of aliphatic hydroxyl groups is 1.